The molecular formula is C16H23BN2O4. The molecule has 0 bridgehead atoms. The Balaban J connectivity index is 1.88. The maximum absolute atomic E-state index is 11.3. The summed E-state index contributed by atoms with van der Waals surface area (Å²) in [7, 11) is -0.511. The summed E-state index contributed by atoms with van der Waals surface area (Å²) in [4.78, 5) is 10.9. The van der Waals surface area contributed by atoms with E-state index < -0.39 is 18.3 Å². The van der Waals surface area contributed by atoms with Crippen LogP contribution in [0.3, 0.4) is 0 Å². The average molecular weight is 318 g/mol. The smallest absolute Gasteiger partial charge is 0.399 e. The maximum atomic E-state index is 11.3. The third kappa shape index (κ3) is 2.95. The Hall–Kier alpha value is -1.60. The Morgan fingerprint density at radius 3 is 2.30 bits per heavy atom. The van der Waals surface area contributed by atoms with Crippen molar-refractivity contribution >= 4 is 24.0 Å². The van der Waals surface area contributed by atoms with Crippen LogP contribution >= 0.6 is 0 Å². The van der Waals surface area contributed by atoms with E-state index in [9.17, 15) is 10.1 Å². The van der Waals surface area contributed by atoms with Crippen molar-refractivity contribution in [3.8, 4) is 0 Å². The molecule has 0 radical (unpaired) electrons. The van der Waals surface area contributed by atoms with Crippen molar-refractivity contribution in [1.29, 1.82) is 0 Å². The molecule has 1 aliphatic heterocycles. The van der Waals surface area contributed by atoms with Crippen molar-refractivity contribution < 1.29 is 14.2 Å². The van der Waals surface area contributed by atoms with Crippen LogP contribution in [0.15, 0.2) is 18.2 Å². The van der Waals surface area contributed by atoms with Crippen molar-refractivity contribution in [2.24, 2.45) is 0 Å². The minimum atomic E-state index is -0.511. The molecule has 1 heterocycles. The third-order valence-corrected chi connectivity index (χ3v) is 5.21. The van der Waals surface area contributed by atoms with Crippen LogP contribution in [-0.2, 0) is 9.31 Å². The van der Waals surface area contributed by atoms with Gasteiger partial charge in [0.1, 0.15) is 5.69 Å². The standard InChI is InChI=1S/C16H23BN2O4/c1-15(2)16(3,4)23-17(22-15)11-8-9-14(19(20)21)13(10-11)18-12-6-5-7-12/h8-10,12,18H,5-7H2,1-4H3. The van der Waals surface area contributed by atoms with Gasteiger partial charge >= 0.3 is 7.12 Å². The summed E-state index contributed by atoms with van der Waals surface area (Å²) in [5.74, 6) is 0. The van der Waals surface area contributed by atoms with Crippen LogP contribution in [0.5, 0.6) is 0 Å². The topological polar surface area (TPSA) is 73.6 Å². The summed E-state index contributed by atoms with van der Waals surface area (Å²) in [6.07, 6.45) is 3.28. The molecule has 124 valence electrons. The predicted octanol–water partition coefficient (Wildman–Crippen LogP) is 2.86. The number of rotatable bonds is 4. The van der Waals surface area contributed by atoms with Gasteiger partial charge in [-0.25, -0.2) is 0 Å². The van der Waals surface area contributed by atoms with Crippen LogP contribution in [0.25, 0.3) is 0 Å². The first-order valence-electron chi connectivity index (χ1n) is 8.10. The van der Waals surface area contributed by atoms with Gasteiger partial charge in [-0.1, -0.05) is 6.07 Å². The average Bonchev–Trinajstić information content (AvgIpc) is 2.62. The van der Waals surface area contributed by atoms with Gasteiger partial charge in [-0.3, -0.25) is 10.1 Å². The minimum Gasteiger partial charge on any atom is -0.399 e. The largest absolute Gasteiger partial charge is 0.494 e. The summed E-state index contributed by atoms with van der Waals surface area (Å²) in [6, 6.07) is 5.36. The quantitative estimate of drug-likeness (QED) is 0.525. The van der Waals surface area contributed by atoms with Gasteiger partial charge in [-0.05, 0) is 58.5 Å². The predicted molar refractivity (Wildman–Crippen MR) is 90.1 cm³/mol. The highest BCUT2D eigenvalue weighted by atomic mass is 16.7. The van der Waals surface area contributed by atoms with Crippen LogP contribution in [-0.4, -0.2) is 29.3 Å². The first kappa shape index (κ1) is 16.3. The highest BCUT2D eigenvalue weighted by molar-refractivity contribution is 6.62. The first-order valence-corrected chi connectivity index (χ1v) is 8.10. The number of hydrogen-bond acceptors (Lipinski definition) is 5. The van der Waals surface area contributed by atoms with E-state index in [4.69, 9.17) is 9.31 Å². The number of benzene rings is 1. The van der Waals surface area contributed by atoms with Crippen LogP contribution in [0.4, 0.5) is 11.4 Å². The Labute approximate surface area is 136 Å². The van der Waals surface area contributed by atoms with Crippen molar-refractivity contribution in [1.82, 2.24) is 0 Å². The van der Waals surface area contributed by atoms with Gasteiger partial charge in [-0.2, -0.15) is 0 Å². The molecular weight excluding hydrogens is 295 g/mol. The SMILES string of the molecule is CC1(C)OB(c2ccc([N+](=O)[O-])c(NC3CCC3)c2)OC1(C)C. The molecule has 23 heavy (non-hydrogen) atoms. The zero-order valence-corrected chi connectivity index (χ0v) is 14.1. The second kappa shape index (κ2) is 5.49. The molecule has 2 aliphatic rings. The molecule has 6 nitrogen and oxygen atoms in total. The molecule has 1 N–H and O–H groups in total. The molecule has 0 amide bonds. The van der Waals surface area contributed by atoms with Gasteiger partial charge in [0.15, 0.2) is 0 Å². The molecule has 2 fully saturated rings. The zero-order chi connectivity index (χ0) is 16.8. The molecule has 1 saturated heterocycles. The highest BCUT2D eigenvalue weighted by Crippen LogP contribution is 2.37. The lowest BCUT2D eigenvalue weighted by atomic mass is 9.78. The number of nitro groups is 1. The summed E-state index contributed by atoms with van der Waals surface area (Å²) in [6.45, 7) is 7.97. The highest BCUT2D eigenvalue weighted by Gasteiger charge is 2.51. The lowest BCUT2D eigenvalue weighted by Crippen LogP contribution is -2.41. The van der Waals surface area contributed by atoms with E-state index in [2.05, 4.69) is 5.32 Å². The van der Waals surface area contributed by atoms with Crippen molar-refractivity contribution in [2.45, 2.75) is 64.2 Å². The number of nitro benzene ring substituents is 1. The van der Waals surface area contributed by atoms with E-state index in [0.717, 1.165) is 18.3 Å². The normalized spacial score (nSPS) is 22.7. The van der Waals surface area contributed by atoms with E-state index in [0.29, 0.717) is 11.7 Å². The molecule has 1 aromatic rings. The van der Waals surface area contributed by atoms with Crippen molar-refractivity contribution in [2.75, 3.05) is 5.32 Å². The number of nitrogens with zero attached hydrogens (tertiary/aromatic N) is 1. The number of anilines is 1. The van der Waals surface area contributed by atoms with E-state index in [1.54, 1.807) is 12.1 Å². The molecule has 0 unspecified atom stereocenters. The van der Waals surface area contributed by atoms with E-state index >= 15 is 0 Å². The Morgan fingerprint density at radius 2 is 1.83 bits per heavy atom. The van der Waals surface area contributed by atoms with E-state index in [1.807, 2.05) is 27.7 Å². The summed E-state index contributed by atoms with van der Waals surface area (Å²) < 4.78 is 12.1. The molecule has 1 saturated carbocycles. The monoisotopic (exact) mass is 318 g/mol. The second-order valence-corrected chi connectivity index (χ2v) is 7.39. The minimum absolute atomic E-state index is 0.0946. The molecule has 3 rings (SSSR count). The van der Waals surface area contributed by atoms with Crippen LogP contribution in [0.1, 0.15) is 47.0 Å². The van der Waals surface area contributed by atoms with Gasteiger partial charge in [-0.15, -0.1) is 0 Å². The lowest BCUT2D eigenvalue weighted by Gasteiger charge is -2.32. The Kier molecular flexibility index (Phi) is 3.88. The lowest BCUT2D eigenvalue weighted by molar-refractivity contribution is -0.384. The van der Waals surface area contributed by atoms with Crippen LogP contribution in [0, 0.1) is 10.1 Å². The fourth-order valence-corrected chi connectivity index (χ4v) is 2.73. The summed E-state index contributed by atoms with van der Waals surface area (Å²) in [5.41, 5.74) is 0.585. The van der Waals surface area contributed by atoms with Crippen molar-refractivity contribution in [3.05, 3.63) is 28.3 Å². The molecule has 1 aromatic carbocycles. The fraction of sp³-hybridized carbons (Fsp3) is 0.625. The van der Waals surface area contributed by atoms with E-state index in [-0.39, 0.29) is 10.6 Å². The molecule has 0 spiro atoms. The third-order valence-electron chi connectivity index (χ3n) is 5.21. The Morgan fingerprint density at radius 1 is 1.22 bits per heavy atom. The van der Waals surface area contributed by atoms with Gasteiger partial charge in [0.05, 0.1) is 16.1 Å². The van der Waals surface area contributed by atoms with E-state index in [1.165, 1.54) is 12.5 Å². The number of hydrogen-bond donors (Lipinski definition) is 1. The van der Waals surface area contributed by atoms with Crippen LogP contribution < -0.4 is 10.8 Å². The zero-order valence-electron chi connectivity index (χ0n) is 14.1. The van der Waals surface area contributed by atoms with Gasteiger partial charge in [0.2, 0.25) is 0 Å². The summed E-state index contributed by atoms with van der Waals surface area (Å²) in [5, 5.41) is 14.5. The van der Waals surface area contributed by atoms with Crippen LogP contribution in [0.2, 0.25) is 0 Å². The molecule has 0 aromatic heterocycles. The van der Waals surface area contributed by atoms with Gasteiger partial charge < -0.3 is 14.6 Å². The van der Waals surface area contributed by atoms with Gasteiger partial charge in [0, 0.05) is 12.1 Å². The first-order chi connectivity index (χ1) is 10.7. The fourth-order valence-electron chi connectivity index (χ4n) is 2.73. The molecule has 0 atom stereocenters. The second-order valence-electron chi connectivity index (χ2n) is 7.39. The molecule has 1 aliphatic carbocycles. The number of nitrogens with one attached hydrogen (secondary N) is 1. The maximum Gasteiger partial charge on any atom is 0.494 e. The van der Waals surface area contributed by atoms with Crippen molar-refractivity contribution in [3.63, 3.8) is 0 Å². The Bertz CT molecular complexity index is 613. The molecule has 7 heteroatoms. The van der Waals surface area contributed by atoms with Gasteiger partial charge in [0.25, 0.3) is 5.69 Å². The summed E-state index contributed by atoms with van der Waals surface area (Å²) >= 11 is 0.